The lowest BCUT2D eigenvalue weighted by Crippen LogP contribution is -2.37. The van der Waals surface area contributed by atoms with Crippen LogP contribution in [0.15, 0.2) is 47.4 Å². The summed E-state index contributed by atoms with van der Waals surface area (Å²) in [5, 5.41) is 0.814. The highest BCUT2D eigenvalue weighted by Gasteiger charge is 2.22. The number of benzene rings is 2. The number of fused-ring (bicyclic) bond motifs is 1. The zero-order valence-electron chi connectivity index (χ0n) is 9.21. The van der Waals surface area contributed by atoms with Crippen LogP contribution in [0.25, 0.3) is 10.8 Å². The molecule has 0 saturated heterocycles. The van der Waals surface area contributed by atoms with Gasteiger partial charge in [-0.05, 0) is 22.9 Å². The van der Waals surface area contributed by atoms with Crippen LogP contribution in [0, 0.1) is 0 Å². The fourth-order valence-electron chi connectivity index (χ4n) is 1.65. The highest BCUT2D eigenvalue weighted by Crippen LogP contribution is 2.20. The van der Waals surface area contributed by atoms with E-state index in [1.807, 2.05) is 24.3 Å². The Morgan fingerprint density at radius 2 is 1.71 bits per heavy atom. The molecule has 0 aliphatic rings. The Balaban J connectivity index is 2.57. The minimum absolute atomic E-state index is 0.0881. The first-order valence-electron chi connectivity index (χ1n) is 5.24. The van der Waals surface area contributed by atoms with E-state index in [-0.39, 0.29) is 11.4 Å². The second-order valence-corrected chi connectivity index (χ2v) is 6.00. The van der Waals surface area contributed by atoms with Gasteiger partial charge in [-0.15, -0.1) is 0 Å². The van der Waals surface area contributed by atoms with Gasteiger partial charge in [0, 0.05) is 6.54 Å². The third-order valence-corrected chi connectivity index (χ3v) is 4.58. The quantitative estimate of drug-likeness (QED) is 0.845. The van der Waals surface area contributed by atoms with Crippen LogP contribution in [0.5, 0.6) is 0 Å². The zero-order chi connectivity index (χ0) is 12.5. The average molecular weight is 250 g/mol. The molecule has 4 N–H and O–H groups in total. The van der Waals surface area contributed by atoms with Crippen molar-refractivity contribution in [3.8, 4) is 0 Å². The fourth-order valence-corrected chi connectivity index (χ4v) is 2.80. The molecule has 0 spiro atoms. The average Bonchev–Trinajstić information content (AvgIpc) is 2.37. The molecular weight excluding hydrogens is 236 g/mol. The predicted octanol–water partition coefficient (Wildman–Crippen LogP) is 0.857. The van der Waals surface area contributed by atoms with Crippen molar-refractivity contribution in [2.45, 2.75) is 10.3 Å². The van der Waals surface area contributed by atoms with Gasteiger partial charge in [0.05, 0.1) is 4.90 Å². The van der Waals surface area contributed by atoms with E-state index in [0.29, 0.717) is 0 Å². The highest BCUT2D eigenvalue weighted by atomic mass is 32.2. The van der Waals surface area contributed by atoms with Gasteiger partial charge in [-0.25, -0.2) is 8.42 Å². The number of hydrogen-bond donors (Lipinski definition) is 2. The van der Waals surface area contributed by atoms with Gasteiger partial charge in [0.1, 0.15) is 5.37 Å². The highest BCUT2D eigenvalue weighted by molar-refractivity contribution is 7.92. The monoisotopic (exact) mass is 250 g/mol. The summed E-state index contributed by atoms with van der Waals surface area (Å²) in [7, 11) is -3.53. The van der Waals surface area contributed by atoms with Gasteiger partial charge >= 0.3 is 0 Å². The van der Waals surface area contributed by atoms with Crippen molar-refractivity contribution in [3.05, 3.63) is 42.5 Å². The largest absolute Gasteiger partial charge is 0.328 e. The third-order valence-electron chi connectivity index (χ3n) is 2.68. The topological polar surface area (TPSA) is 86.2 Å². The summed E-state index contributed by atoms with van der Waals surface area (Å²) in [6.45, 7) is -0.0881. The maximum atomic E-state index is 12.0. The molecule has 2 aromatic carbocycles. The molecule has 17 heavy (non-hydrogen) atoms. The van der Waals surface area contributed by atoms with Crippen LogP contribution < -0.4 is 11.5 Å². The molecule has 0 aliphatic carbocycles. The second-order valence-electron chi connectivity index (χ2n) is 3.83. The summed E-state index contributed by atoms with van der Waals surface area (Å²) < 4.78 is 24.0. The van der Waals surface area contributed by atoms with Crippen LogP contribution in [0.4, 0.5) is 0 Å². The number of sulfone groups is 1. The van der Waals surface area contributed by atoms with Crippen molar-refractivity contribution in [1.29, 1.82) is 0 Å². The molecule has 1 unspecified atom stereocenters. The van der Waals surface area contributed by atoms with Crippen molar-refractivity contribution < 1.29 is 8.42 Å². The van der Waals surface area contributed by atoms with E-state index in [4.69, 9.17) is 11.5 Å². The predicted molar refractivity (Wildman–Crippen MR) is 68.2 cm³/mol. The van der Waals surface area contributed by atoms with Crippen molar-refractivity contribution in [1.82, 2.24) is 0 Å². The van der Waals surface area contributed by atoms with E-state index in [1.54, 1.807) is 18.2 Å². The van der Waals surface area contributed by atoms with Gasteiger partial charge in [-0.2, -0.15) is 0 Å². The first-order chi connectivity index (χ1) is 8.05. The maximum absolute atomic E-state index is 12.0. The van der Waals surface area contributed by atoms with Crippen LogP contribution in [0.3, 0.4) is 0 Å². The molecule has 0 saturated carbocycles. The van der Waals surface area contributed by atoms with Crippen molar-refractivity contribution in [3.63, 3.8) is 0 Å². The lowest BCUT2D eigenvalue weighted by atomic mass is 10.1. The molecule has 0 aromatic heterocycles. The lowest BCUT2D eigenvalue weighted by Gasteiger charge is -2.11. The van der Waals surface area contributed by atoms with Crippen LogP contribution >= 0.6 is 0 Å². The van der Waals surface area contributed by atoms with Crippen LogP contribution in [0.2, 0.25) is 0 Å². The Hall–Kier alpha value is -1.43. The van der Waals surface area contributed by atoms with E-state index in [0.717, 1.165) is 10.8 Å². The molecular formula is C12H14N2O2S. The number of hydrogen-bond acceptors (Lipinski definition) is 4. The van der Waals surface area contributed by atoms with Gasteiger partial charge in [-0.3, -0.25) is 0 Å². The molecule has 2 aromatic rings. The smallest absolute Gasteiger partial charge is 0.195 e. The standard InChI is InChI=1S/C12H14N2O2S/c13-8-12(14)17(15,16)11-6-5-9-3-1-2-4-10(9)7-11/h1-7,12H,8,13-14H2. The first kappa shape index (κ1) is 12.0. The van der Waals surface area contributed by atoms with Crippen molar-refractivity contribution in [2.24, 2.45) is 11.5 Å². The Kier molecular flexibility index (Phi) is 3.15. The Labute approximate surface area is 100 Å². The molecule has 0 heterocycles. The van der Waals surface area contributed by atoms with Crippen LogP contribution in [-0.2, 0) is 9.84 Å². The van der Waals surface area contributed by atoms with Crippen molar-refractivity contribution in [2.75, 3.05) is 6.54 Å². The van der Waals surface area contributed by atoms with E-state index in [2.05, 4.69) is 0 Å². The summed E-state index contributed by atoms with van der Waals surface area (Å²) in [5.74, 6) is 0. The summed E-state index contributed by atoms with van der Waals surface area (Å²) in [6, 6.07) is 12.5. The summed E-state index contributed by atoms with van der Waals surface area (Å²) in [5.41, 5.74) is 10.8. The summed E-state index contributed by atoms with van der Waals surface area (Å²) >= 11 is 0. The van der Waals surface area contributed by atoms with Gasteiger partial charge in [0.15, 0.2) is 9.84 Å². The van der Waals surface area contributed by atoms with Crippen LogP contribution in [0.1, 0.15) is 0 Å². The van der Waals surface area contributed by atoms with E-state index >= 15 is 0 Å². The molecule has 0 aliphatic heterocycles. The van der Waals surface area contributed by atoms with Gasteiger partial charge < -0.3 is 11.5 Å². The fraction of sp³-hybridized carbons (Fsp3) is 0.167. The van der Waals surface area contributed by atoms with Gasteiger partial charge in [-0.1, -0.05) is 30.3 Å². The molecule has 2 rings (SSSR count). The molecule has 0 amide bonds. The molecule has 0 radical (unpaired) electrons. The SMILES string of the molecule is NCC(N)S(=O)(=O)c1ccc2ccccc2c1. The molecule has 0 bridgehead atoms. The second kappa shape index (κ2) is 4.44. The molecule has 0 fully saturated rings. The minimum Gasteiger partial charge on any atom is -0.328 e. The number of rotatable bonds is 3. The normalized spacial score (nSPS) is 13.8. The van der Waals surface area contributed by atoms with Gasteiger partial charge in [0.2, 0.25) is 0 Å². The van der Waals surface area contributed by atoms with E-state index < -0.39 is 15.2 Å². The number of nitrogens with two attached hydrogens (primary N) is 2. The lowest BCUT2D eigenvalue weighted by molar-refractivity contribution is 0.581. The van der Waals surface area contributed by atoms with Crippen LogP contribution in [-0.4, -0.2) is 20.3 Å². The molecule has 4 nitrogen and oxygen atoms in total. The molecule has 5 heteroatoms. The summed E-state index contributed by atoms with van der Waals surface area (Å²) in [6.07, 6.45) is 0. The summed E-state index contributed by atoms with van der Waals surface area (Å²) in [4.78, 5) is 0.217. The molecule has 1 atom stereocenters. The first-order valence-corrected chi connectivity index (χ1v) is 6.78. The van der Waals surface area contributed by atoms with Crippen molar-refractivity contribution >= 4 is 20.6 Å². The zero-order valence-corrected chi connectivity index (χ0v) is 10.0. The minimum atomic E-state index is -3.53. The van der Waals surface area contributed by atoms with E-state index in [9.17, 15) is 8.42 Å². The maximum Gasteiger partial charge on any atom is 0.195 e. The van der Waals surface area contributed by atoms with E-state index in [1.165, 1.54) is 0 Å². The van der Waals surface area contributed by atoms with Gasteiger partial charge in [0.25, 0.3) is 0 Å². The Bertz CT molecular complexity index is 638. The Morgan fingerprint density at radius 3 is 2.35 bits per heavy atom. The molecule has 90 valence electrons. The third kappa shape index (κ3) is 2.17. The Morgan fingerprint density at radius 1 is 1.06 bits per heavy atom.